The van der Waals surface area contributed by atoms with Crippen molar-refractivity contribution < 1.29 is 19.4 Å². The van der Waals surface area contributed by atoms with E-state index in [1.165, 1.54) is 18.4 Å². The first-order chi connectivity index (χ1) is 17.8. The molecular weight excluding hydrogens is 512 g/mol. The number of esters is 1. The molecular formula is C28H23ClN2O5S. The van der Waals surface area contributed by atoms with Crippen LogP contribution < -0.4 is 19.6 Å². The van der Waals surface area contributed by atoms with Gasteiger partial charge in [0.2, 0.25) is 0 Å². The molecule has 0 spiro atoms. The van der Waals surface area contributed by atoms with Crippen LogP contribution in [0.2, 0.25) is 5.02 Å². The molecule has 37 heavy (non-hydrogen) atoms. The molecule has 0 bridgehead atoms. The number of methoxy groups -OCH3 is 1. The van der Waals surface area contributed by atoms with Gasteiger partial charge >= 0.3 is 5.97 Å². The number of ether oxygens (including phenoxy) is 2. The van der Waals surface area contributed by atoms with Crippen molar-refractivity contribution in [3.8, 4) is 11.5 Å². The van der Waals surface area contributed by atoms with Crippen molar-refractivity contribution in [1.82, 2.24) is 4.57 Å². The van der Waals surface area contributed by atoms with Crippen molar-refractivity contribution in [2.45, 2.75) is 19.9 Å². The van der Waals surface area contributed by atoms with Gasteiger partial charge in [0.15, 0.2) is 16.3 Å². The zero-order valence-corrected chi connectivity index (χ0v) is 21.9. The van der Waals surface area contributed by atoms with E-state index in [4.69, 9.17) is 21.1 Å². The summed E-state index contributed by atoms with van der Waals surface area (Å²) in [6.45, 7) is 3.70. The van der Waals surface area contributed by atoms with Crippen LogP contribution in [0, 0.1) is 0 Å². The number of carbonyl (C=O) groups excluding carboxylic acids is 1. The number of fused-ring (bicyclic) bond motifs is 2. The number of thiazole rings is 1. The second-order valence-electron chi connectivity index (χ2n) is 8.42. The summed E-state index contributed by atoms with van der Waals surface area (Å²) in [7, 11) is 1.42. The lowest BCUT2D eigenvalue weighted by molar-refractivity contribution is -0.139. The summed E-state index contributed by atoms with van der Waals surface area (Å²) >= 11 is 7.37. The average molecular weight is 535 g/mol. The Hall–Kier alpha value is -3.88. The highest BCUT2D eigenvalue weighted by Crippen LogP contribution is 2.36. The van der Waals surface area contributed by atoms with Crippen molar-refractivity contribution in [3.63, 3.8) is 0 Å². The van der Waals surface area contributed by atoms with Crippen LogP contribution in [0.15, 0.2) is 75.7 Å². The van der Waals surface area contributed by atoms with E-state index in [-0.39, 0.29) is 28.7 Å². The van der Waals surface area contributed by atoms with Crippen LogP contribution in [0.25, 0.3) is 16.8 Å². The normalized spacial score (nSPS) is 15.5. The standard InChI is InChI=1S/C28H23ClN2O5S/c1-4-36-27(34)23-15(2)30-28-31(24(23)19-11-7-9-17-8-5-6-10-18(17)19)26(33)22(37-28)14-16-12-20(29)25(32)21(13-16)35-3/h5-14,24,32H,4H2,1-3H3/b22-14+. The van der Waals surface area contributed by atoms with Gasteiger partial charge in [0, 0.05) is 0 Å². The Balaban J connectivity index is 1.79. The molecule has 188 valence electrons. The van der Waals surface area contributed by atoms with Crippen molar-refractivity contribution in [3.05, 3.63) is 102 Å². The van der Waals surface area contributed by atoms with Crippen LogP contribution in [0.4, 0.5) is 0 Å². The number of aromatic nitrogens is 1. The molecule has 0 fully saturated rings. The molecule has 7 nitrogen and oxygen atoms in total. The fourth-order valence-electron chi connectivity index (χ4n) is 4.56. The number of allylic oxidation sites excluding steroid dienone is 1. The zero-order chi connectivity index (χ0) is 26.3. The van der Waals surface area contributed by atoms with Crippen LogP contribution in [0.3, 0.4) is 0 Å². The fourth-order valence-corrected chi connectivity index (χ4v) is 5.82. The van der Waals surface area contributed by atoms with Crippen molar-refractivity contribution >= 4 is 45.8 Å². The number of hydrogen-bond donors (Lipinski definition) is 1. The van der Waals surface area contributed by atoms with E-state index < -0.39 is 12.0 Å². The maximum absolute atomic E-state index is 13.9. The molecule has 4 aromatic rings. The molecule has 1 unspecified atom stereocenters. The molecule has 5 rings (SSSR count). The zero-order valence-electron chi connectivity index (χ0n) is 20.3. The van der Waals surface area contributed by atoms with E-state index in [1.54, 1.807) is 36.6 Å². The minimum Gasteiger partial charge on any atom is -0.503 e. The average Bonchev–Trinajstić information content (AvgIpc) is 3.19. The van der Waals surface area contributed by atoms with Crippen LogP contribution in [0.1, 0.15) is 31.0 Å². The summed E-state index contributed by atoms with van der Waals surface area (Å²) in [4.78, 5) is 32.1. The van der Waals surface area contributed by atoms with Gasteiger partial charge in [-0.2, -0.15) is 0 Å². The molecule has 1 N–H and O–H groups in total. The third kappa shape index (κ3) is 4.32. The molecule has 1 aliphatic rings. The maximum Gasteiger partial charge on any atom is 0.338 e. The summed E-state index contributed by atoms with van der Waals surface area (Å²) in [5, 5.41) is 12.1. The monoisotopic (exact) mass is 534 g/mol. The Morgan fingerprint density at radius 1 is 1.22 bits per heavy atom. The lowest BCUT2D eigenvalue weighted by atomic mass is 9.91. The molecule has 3 aromatic carbocycles. The molecule has 1 atom stereocenters. The number of phenols is 1. The highest BCUT2D eigenvalue weighted by molar-refractivity contribution is 7.07. The highest BCUT2D eigenvalue weighted by Gasteiger charge is 2.34. The van der Waals surface area contributed by atoms with E-state index in [2.05, 4.69) is 4.99 Å². The van der Waals surface area contributed by atoms with Crippen LogP contribution in [-0.4, -0.2) is 29.4 Å². The lowest BCUT2D eigenvalue weighted by Crippen LogP contribution is -2.40. The fraction of sp³-hybridized carbons (Fsp3) is 0.179. The predicted molar refractivity (Wildman–Crippen MR) is 144 cm³/mol. The first kappa shape index (κ1) is 24.8. The minimum atomic E-state index is -0.721. The summed E-state index contributed by atoms with van der Waals surface area (Å²) in [5.41, 5.74) is 1.90. The first-order valence-corrected chi connectivity index (χ1v) is 12.8. The summed E-state index contributed by atoms with van der Waals surface area (Å²) in [6, 6.07) is 16.1. The topological polar surface area (TPSA) is 90.1 Å². The van der Waals surface area contributed by atoms with Gasteiger partial charge in [-0.3, -0.25) is 9.36 Å². The van der Waals surface area contributed by atoms with Crippen LogP contribution >= 0.6 is 22.9 Å². The van der Waals surface area contributed by atoms with Gasteiger partial charge in [-0.1, -0.05) is 65.4 Å². The van der Waals surface area contributed by atoms with Crippen LogP contribution in [-0.2, 0) is 9.53 Å². The van der Waals surface area contributed by atoms with Gasteiger partial charge in [-0.15, -0.1) is 0 Å². The second-order valence-corrected chi connectivity index (χ2v) is 9.84. The molecule has 1 aromatic heterocycles. The molecule has 0 saturated carbocycles. The number of nitrogens with zero attached hydrogens (tertiary/aromatic N) is 2. The Morgan fingerprint density at radius 2 is 1.97 bits per heavy atom. The number of phenolic OH excluding ortho intramolecular Hbond substituents is 1. The first-order valence-electron chi connectivity index (χ1n) is 11.6. The molecule has 2 heterocycles. The third-order valence-electron chi connectivity index (χ3n) is 6.20. The van der Waals surface area contributed by atoms with E-state index in [0.29, 0.717) is 26.2 Å². The Bertz CT molecular complexity index is 1760. The number of carbonyl (C=O) groups is 1. The minimum absolute atomic E-state index is 0.104. The molecule has 0 saturated heterocycles. The van der Waals surface area contributed by atoms with Crippen LogP contribution in [0.5, 0.6) is 11.5 Å². The van der Waals surface area contributed by atoms with E-state index in [9.17, 15) is 14.7 Å². The SMILES string of the molecule is CCOC(=O)C1=C(C)N=c2s/c(=C/c3cc(Cl)c(O)c(OC)c3)c(=O)n2C1c1cccc2ccccc12. The molecule has 1 aliphatic heterocycles. The largest absolute Gasteiger partial charge is 0.503 e. The van der Waals surface area contributed by atoms with Crippen molar-refractivity contribution in [2.75, 3.05) is 13.7 Å². The second kappa shape index (κ2) is 9.88. The van der Waals surface area contributed by atoms with Gasteiger partial charge in [0.25, 0.3) is 5.56 Å². The van der Waals surface area contributed by atoms with Gasteiger partial charge in [-0.05, 0) is 54.0 Å². The van der Waals surface area contributed by atoms with E-state index in [1.807, 2.05) is 42.5 Å². The molecule has 0 radical (unpaired) electrons. The van der Waals surface area contributed by atoms with Gasteiger partial charge < -0.3 is 14.6 Å². The summed E-state index contributed by atoms with van der Waals surface area (Å²) in [5.74, 6) is -0.486. The molecule has 9 heteroatoms. The van der Waals surface area contributed by atoms with Crippen molar-refractivity contribution in [2.24, 2.45) is 4.99 Å². The predicted octanol–water partition coefficient (Wildman–Crippen LogP) is 4.32. The number of hydrogen-bond acceptors (Lipinski definition) is 7. The van der Waals surface area contributed by atoms with Gasteiger partial charge in [-0.25, -0.2) is 9.79 Å². The van der Waals surface area contributed by atoms with E-state index >= 15 is 0 Å². The highest BCUT2D eigenvalue weighted by atomic mass is 35.5. The smallest absolute Gasteiger partial charge is 0.338 e. The Labute approximate surface area is 221 Å². The maximum atomic E-state index is 13.9. The molecule has 0 aliphatic carbocycles. The summed E-state index contributed by atoms with van der Waals surface area (Å²) in [6.07, 6.45) is 1.67. The number of aromatic hydroxyl groups is 1. The van der Waals surface area contributed by atoms with Crippen molar-refractivity contribution in [1.29, 1.82) is 0 Å². The number of benzene rings is 3. The lowest BCUT2D eigenvalue weighted by Gasteiger charge is -2.25. The van der Waals surface area contributed by atoms with E-state index in [0.717, 1.165) is 16.3 Å². The number of halogens is 1. The quantitative estimate of drug-likeness (QED) is 0.385. The Kier molecular flexibility index (Phi) is 6.62. The summed E-state index contributed by atoms with van der Waals surface area (Å²) < 4.78 is 12.5. The van der Waals surface area contributed by atoms with Gasteiger partial charge in [0.05, 0.1) is 40.6 Å². The molecule has 0 amide bonds. The Morgan fingerprint density at radius 3 is 2.73 bits per heavy atom. The van der Waals surface area contributed by atoms with Gasteiger partial charge in [0.1, 0.15) is 0 Å². The third-order valence-corrected chi connectivity index (χ3v) is 7.47. The number of rotatable bonds is 5.